The van der Waals surface area contributed by atoms with Crippen LogP contribution in [0.3, 0.4) is 0 Å². The number of ketones is 1. The maximum atomic E-state index is 12.2. The number of carbonyl (C=O) groups is 2. The summed E-state index contributed by atoms with van der Waals surface area (Å²) in [5, 5.41) is 0. The minimum Gasteiger partial charge on any atom is -0.462 e. The third-order valence-corrected chi connectivity index (χ3v) is 3.39. The molecular weight excluding hydrogens is 334 g/mol. The molecule has 0 spiro atoms. The van der Waals surface area contributed by atoms with Crippen molar-refractivity contribution in [1.82, 2.24) is 0 Å². The first kappa shape index (κ1) is 15.4. The highest BCUT2D eigenvalue weighted by molar-refractivity contribution is 9.10. The molecule has 0 unspecified atom stereocenters. The van der Waals surface area contributed by atoms with Crippen LogP contribution in [0, 0.1) is 0 Å². The lowest BCUT2D eigenvalue weighted by Gasteiger charge is -2.02. The highest BCUT2D eigenvalue weighted by atomic mass is 79.9. The summed E-state index contributed by atoms with van der Waals surface area (Å²) >= 11 is 3.33. The molecule has 5 heteroatoms. The molecule has 2 aromatic rings. The second kappa shape index (κ2) is 7.13. The van der Waals surface area contributed by atoms with E-state index in [9.17, 15) is 9.59 Å². The van der Waals surface area contributed by atoms with Gasteiger partial charge in [0.05, 0.1) is 6.61 Å². The highest BCUT2D eigenvalue weighted by Gasteiger charge is 2.15. The minimum absolute atomic E-state index is 0.0199. The van der Waals surface area contributed by atoms with Crippen molar-refractivity contribution >= 4 is 27.7 Å². The summed E-state index contributed by atoms with van der Waals surface area (Å²) in [7, 11) is 0. The number of ether oxygens (including phenoxy) is 1. The third-order valence-electron chi connectivity index (χ3n) is 2.86. The molecule has 0 bridgehead atoms. The molecule has 1 heterocycles. The summed E-state index contributed by atoms with van der Waals surface area (Å²) in [4.78, 5) is 23.8. The molecule has 4 nitrogen and oxygen atoms in total. The molecule has 0 amide bonds. The summed E-state index contributed by atoms with van der Waals surface area (Å²) in [5.41, 5.74) is 1.06. The number of nitrogens with zero attached hydrogens (tertiary/aromatic N) is 1. The smallest absolute Gasteiger partial charge is 0.344 e. The summed E-state index contributed by atoms with van der Waals surface area (Å²) < 4.78 is 7.55. The number of esters is 1. The predicted molar refractivity (Wildman–Crippen MR) is 81.1 cm³/mol. The van der Waals surface area contributed by atoms with E-state index >= 15 is 0 Å². The Morgan fingerprint density at radius 3 is 2.52 bits per heavy atom. The molecule has 0 atom stereocenters. The predicted octanol–water partition coefficient (Wildman–Crippen LogP) is 2.80. The Bertz CT molecular complexity index is 653. The standard InChI is InChI=1S/C16H15BrNO3/c1-2-21-16(20)13-4-3-9-18(10-13)11-15(19)12-5-7-14(17)8-6-12/h3-10H,2,11H2,1H3/q+1. The number of hydrogen-bond acceptors (Lipinski definition) is 3. The van der Waals surface area contributed by atoms with Gasteiger partial charge in [0.15, 0.2) is 12.4 Å². The van der Waals surface area contributed by atoms with E-state index < -0.39 is 0 Å². The van der Waals surface area contributed by atoms with Gasteiger partial charge in [0.1, 0.15) is 5.56 Å². The molecule has 1 aromatic carbocycles. The van der Waals surface area contributed by atoms with Gasteiger partial charge < -0.3 is 4.74 Å². The van der Waals surface area contributed by atoms with Crippen LogP contribution in [0.4, 0.5) is 0 Å². The van der Waals surface area contributed by atoms with Gasteiger partial charge in [-0.25, -0.2) is 4.79 Å². The quantitative estimate of drug-likeness (QED) is 0.474. The molecule has 21 heavy (non-hydrogen) atoms. The molecular formula is C16H15BrNO3+. The van der Waals surface area contributed by atoms with E-state index in [1.807, 2.05) is 12.1 Å². The zero-order valence-corrected chi connectivity index (χ0v) is 13.2. The molecule has 0 radical (unpaired) electrons. The summed E-state index contributed by atoms with van der Waals surface area (Å²) in [6.45, 7) is 2.26. The molecule has 0 aliphatic carbocycles. The first-order valence-corrected chi connectivity index (χ1v) is 7.34. The fourth-order valence-electron chi connectivity index (χ4n) is 1.85. The second-order valence-electron chi connectivity index (χ2n) is 4.42. The molecule has 0 saturated heterocycles. The van der Waals surface area contributed by atoms with E-state index in [4.69, 9.17) is 4.74 Å². The highest BCUT2D eigenvalue weighted by Crippen LogP contribution is 2.11. The number of pyridine rings is 1. The Morgan fingerprint density at radius 2 is 1.86 bits per heavy atom. The van der Waals surface area contributed by atoms with E-state index in [1.54, 1.807) is 48.1 Å². The average Bonchev–Trinajstić information content (AvgIpc) is 2.48. The van der Waals surface area contributed by atoms with Gasteiger partial charge in [0.25, 0.3) is 0 Å². The van der Waals surface area contributed by atoms with Crippen molar-refractivity contribution in [1.29, 1.82) is 0 Å². The van der Waals surface area contributed by atoms with Crippen molar-refractivity contribution in [3.63, 3.8) is 0 Å². The summed E-state index contributed by atoms with van der Waals surface area (Å²) in [5.74, 6) is -0.406. The van der Waals surface area contributed by atoms with Gasteiger partial charge in [-0.15, -0.1) is 0 Å². The minimum atomic E-state index is -0.386. The van der Waals surface area contributed by atoms with Crippen molar-refractivity contribution in [2.45, 2.75) is 13.5 Å². The molecule has 2 rings (SSSR count). The Labute approximate surface area is 131 Å². The topological polar surface area (TPSA) is 47.2 Å². The van der Waals surface area contributed by atoms with Crippen molar-refractivity contribution in [2.24, 2.45) is 0 Å². The second-order valence-corrected chi connectivity index (χ2v) is 5.33. The van der Waals surface area contributed by atoms with Gasteiger partial charge >= 0.3 is 5.97 Å². The van der Waals surface area contributed by atoms with Gasteiger partial charge in [0.2, 0.25) is 12.3 Å². The molecule has 108 valence electrons. The molecule has 0 saturated carbocycles. The molecule has 1 aromatic heterocycles. The number of rotatable bonds is 5. The summed E-state index contributed by atoms with van der Waals surface area (Å²) in [6.07, 6.45) is 3.37. The van der Waals surface area contributed by atoms with Crippen LogP contribution in [0.15, 0.2) is 53.3 Å². The van der Waals surface area contributed by atoms with Crippen molar-refractivity contribution < 1.29 is 18.9 Å². The van der Waals surface area contributed by atoms with Crippen LogP contribution in [0.25, 0.3) is 0 Å². The molecule has 0 fully saturated rings. The van der Waals surface area contributed by atoms with Crippen LogP contribution in [0.5, 0.6) is 0 Å². The SMILES string of the molecule is CCOC(=O)c1ccc[n+](CC(=O)c2ccc(Br)cc2)c1. The lowest BCUT2D eigenvalue weighted by Crippen LogP contribution is -2.38. The van der Waals surface area contributed by atoms with Gasteiger partial charge in [0, 0.05) is 16.1 Å². The van der Waals surface area contributed by atoms with E-state index in [2.05, 4.69) is 15.9 Å². The molecule has 0 aliphatic heterocycles. The number of hydrogen-bond donors (Lipinski definition) is 0. The third kappa shape index (κ3) is 4.23. The Hall–Kier alpha value is -2.01. The van der Waals surface area contributed by atoms with E-state index in [0.717, 1.165) is 4.47 Å². The lowest BCUT2D eigenvalue weighted by atomic mass is 10.1. The monoisotopic (exact) mass is 348 g/mol. The van der Waals surface area contributed by atoms with Gasteiger partial charge in [-0.2, -0.15) is 4.57 Å². The first-order chi connectivity index (χ1) is 10.1. The van der Waals surface area contributed by atoms with Crippen LogP contribution in [-0.2, 0) is 11.3 Å². The Balaban J connectivity index is 2.12. The zero-order valence-electron chi connectivity index (χ0n) is 11.6. The van der Waals surface area contributed by atoms with Gasteiger partial charge in [-0.05, 0) is 25.1 Å². The number of benzene rings is 1. The summed E-state index contributed by atoms with van der Waals surface area (Å²) in [6, 6.07) is 10.6. The maximum Gasteiger partial charge on any atom is 0.344 e. The average molecular weight is 349 g/mol. The molecule has 0 N–H and O–H groups in total. The van der Waals surface area contributed by atoms with Crippen molar-refractivity contribution in [2.75, 3.05) is 6.61 Å². The number of aromatic nitrogens is 1. The maximum absolute atomic E-state index is 12.2. The van der Waals surface area contributed by atoms with Crippen molar-refractivity contribution in [3.8, 4) is 0 Å². The first-order valence-electron chi connectivity index (χ1n) is 6.55. The van der Waals surface area contributed by atoms with Crippen LogP contribution in [0.2, 0.25) is 0 Å². The fourth-order valence-corrected chi connectivity index (χ4v) is 2.11. The van der Waals surface area contributed by atoms with Gasteiger partial charge in [-0.1, -0.05) is 28.1 Å². The number of carbonyl (C=O) groups excluding carboxylic acids is 2. The van der Waals surface area contributed by atoms with Crippen molar-refractivity contribution in [3.05, 3.63) is 64.4 Å². The van der Waals surface area contributed by atoms with Gasteiger partial charge in [-0.3, -0.25) is 4.79 Å². The van der Waals surface area contributed by atoms with Crippen LogP contribution >= 0.6 is 15.9 Å². The molecule has 0 aliphatic rings. The van der Waals surface area contributed by atoms with E-state index in [1.165, 1.54) is 0 Å². The van der Waals surface area contributed by atoms with Crippen LogP contribution in [-0.4, -0.2) is 18.4 Å². The number of Topliss-reactive ketones (excluding diaryl/α,β-unsaturated/α-hetero) is 1. The van der Waals surface area contributed by atoms with Crippen LogP contribution < -0.4 is 4.57 Å². The Kier molecular flexibility index (Phi) is 5.22. The normalized spacial score (nSPS) is 10.2. The van der Waals surface area contributed by atoms with Crippen LogP contribution in [0.1, 0.15) is 27.6 Å². The Morgan fingerprint density at radius 1 is 1.14 bits per heavy atom. The fraction of sp³-hybridized carbons (Fsp3) is 0.188. The lowest BCUT2D eigenvalue weighted by molar-refractivity contribution is -0.683. The zero-order chi connectivity index (χ0) is 15.2. The van der Waals surface area contributed by atoms with E-state index in [0.29, 0.717) is 17.7 Å². The van der Waals surface area contributed by atoms with E-state index in [-0.39, 0.29) is 18.3 Å². The number of halogens is 1. The largest absolute Gasteiger partial charge is 0.462 e.